The van der Waals surface area contributed by atoms with E-state index in [9.17, 15) is 0 Å². The molecule has 1 aromatic rings. The quantitative estimate of drug-likeness (QED) is 0.904. The molecule has 0 spiro atoms. The Bertz CT molecular complexity index is 464. The Hall–Kier alpha value is -1.26. The van der Waals surface area contributed by atoms with Crippen LogP contribution >= 0.6 is 0 Å². The average Bonchev–Trinajstić information content (AvgIpc) is 2.52. The number of likely N-dealkylation sites (tertiary alicyclic amines) is 1. The Morgan fingerprint density at radius 2 is 1.90 bits per heavy atom. The van der Waals surface area contributed by atoms with Gasteiger partial charge in [0.2, 0.25) is 0 Å². The summed E-state index contributed by atoms with van der Waals surface area (Å²) in [5.41, 5.74) is 1.27. The van der Waals surface area contributed by atoms with E-state index >= 15 is 0 Å². The van der Waals surface area contributed by atoms with Crippen LogP contribution in [0.25, 0.3) is 0 Å². The Kier molecular flexibility index (Phi) is 5.48. The van der Waals surface area contributed by atoms with Gasteiger partial charge in [-0.25, -0.2) is 0 Å². The Morgan fingerprint density at radius 1 is 1.19 bits per heavy atom. The number of ether oxygens (including phenoxy) is 2. The molecule has 118 valence electrons. The highest BCUT2D eigenvalue weighted by Crippen LogP contribution is 2.30. The molecule has 1 fully saturated rings. The van der Waals surface area contributed by atoms with Gasteiger partial charge in [0.1, 0.15) is 0 Å². The Balaban J connectivity index is 2.08. The first kappa shape index (κ1) is 16.1. The van der Waals surface area contributed by atoms with Gasteiger partial charge >= 0.3 is 0 Å². The molecule has 1 aliphatic rings. The average molecular weight is 292 g/mol. The monoisotopic (exact) mass is 292 g/mol. The molecule has 1 aromatic carbocycles. The van der Waals surface area contributed by atoms with Crippen molar-refractivity contribution in [2.75, 3.05) is 27.8 Å². The van der Waals surface area contributed by atoms with Gasteiger partial charge in [-0.2, -0.15) is 0 Å². The lowest BCUT2D eigenvalue weighted by Gasteiger charge is -2.42. The van der Waals surface area contributed by atoms with Crippen LogP contribution in [-0.2, 0) is 6.54 Å². The van der Waals surface area contributed by atoms with Crippen LogP contribution in [0.4, 0.5) is 0 Å². The Morgan fingerprint density at radius 3 is 2.52 bits per heavy atom. The summed E-state index contributed by atoms with van der Waals surface area (Å²) in [4.78, 5) is 2.56. The summed E-state index contributed by atoms with van der Waals surface area (Å²) in [6, 6.07) is 7.40. The second-order valence-electron chi connectivity index (χ2n) is 5.94. The van der Waals surface area contributed by atoms with E-state index in [1.54, 1.807) is 14.2 Å². The van der Waals surface area contributed by atoms with Crippen LogP contribution in [0.1, 0.15) is 25.8 Å². The number of hydrogen-bond acceptors (Lipinski definition) is 4. The van der Waals surface area contributed by atoms with E-state index in [0.717, 1.165) is 24.6 Å². The molecule has 3 unspecified atom stereocenters. The van der Waals surface area contributed by atoms with Crippen molar-refractivity contribution >= 4 is 0 Å². The zero-order chi connectivity index (χ0) is 15.4. The number of benzene rings is 1. The number of rotatable bonds is 5. The standard InChI is InChI=1S/C17H28N2O2/c1-12-13(2)19(9-8-15(12)18-3)11-14-6-7-16(20-4)17(10-14)21-5/h6-7,10,12-13,15,18H,8-9,11H2,1-5H3. The third-order valence-electron chi connectivity index (χ3n) is 4.90. The van der Waals surface area contributed by atoms with Crippen LogP contribution in [0.5, 0.6) is 11.5 Å². The molecule has 0 aromatic heterocycles. The number of methoxy groups -OCH3 is 2. The second-order valence-corrected chi connectivity index (χ2v) is 5.94. The predicted molar refractivity (Wildman–Crippen MR) is 86.0 cm³/mol. The predicted octanol–water partition coefficient (Wildman–Crippen LogP) is 2.52. The van der Waals surface area contributed by atoms with Crippen molar-refractivity contribution in [1.82, 2.24) is 10.2 Å². The van der Waals surface area contributed by atoms with Crippen molar-refractivity contribution in [2.45, 2.75) is 38.9 Å². The molecule has 2 rings (SSSR count). The Labute approximate surface area is 128 Å². The van der Waals surface area contributed by atoms with E-state index in [-0.39, 0.29) is 0 Å². The van der Waals surface area contributed by atoms with Gasteiger partial charge in [0.15, 0.2) is 11.5 Å². The normalized spacial score (nSPS) is 26.6. The zero-order valence-corrected chi connectivity index (χ0v) is 13.8. The number of hydrogen-bond donors (Lipinski definition) is 1. The van der Waals surface area contributed by atoms with Gasteiger partial charge in [-0.05, 0) is 44.0 Å². The van der Waals surface area contributed by atoms with E-state index in [1.807, 2.05) is 6.07 Å². The van der Waals surface area contributed by atoms with Crippen LogP contribution < -0.4 is 14.8 Å². The van der Waals surface area contributed by atoms with Crippen molar-refractivity contribution in [1.29, 1.82) is 0 Å². The molecule has 1 heterocycles. The lowest BCUT2D eigenvalue weighted by atomic mass is 9.87. The summed E-state index contributed by atoms with van der Waals surface area (Å²) in [5, 5.41) is 3.44. The van der Waals surface area contributed by atoms with E-state index in [2.05, 4.69) is 43.2 Å². The van der Waals surface area contributed by atoms with Crippen LogP contribution in [-0.4, -0.2) is 44.8 Å². The highest BCUT2D eigenvalue weighted by atomic mass is 16.5. The van der Waals surface area contributed by atoms with Gasteiger partial charge < -0.3 is 14.8 Å². The minimum atomic E-state index is 0.573. The topological polar surface area (TPSA) is 33.7 Å². The summed E-state index contributed by atoms with van der Waals surface area (Å²) in [6.45, 7) is 6.76. The van der Waals surface area contributed by atoms with Crippen LogP contribution in [0.15, 0.2) is 18.2 Å². The smallest absolute Gasteiger partial charge is 0.161 e. The minimum Gasteiger partial charge on any atom is -0.493 e. The van der Waals surface area contributed by atoms with Gasteiger partial charge in [0.05, 0.1) is 14.2 Å². The van der Waals surface area contributed by atoms with Gasteiger partial charge in [0, 0.05) is 25.2 Å². The van der Waals surface area contributed by atoms with Crippen molar-refractivity contribution in [3.05, 3.63) is 23.8 Å². The van der Waals surface area contributed by atoms with Crippen LogP contribution in [0.2, 0.25) is 0 Å². The SMILES string of the molecule is CNC1CCN(Cc2ccc(OC)c(OC)c2)C(C)C1C. The van der Waals surface area contributed by atoms with E-state index in [0.29, 0.717) is 18.0 Å². The highest BCUT2D eigenvalue weighted by Gasteiger charge is 2.31. The maximum atomic E-state index is 5.39. The third kappa shape index (κ3) is 3.50. The van der Waals surface area contributed by atoms with Gasteiger partial charge in [-0.15, -0.1) is 0 Å². The van der Waals surface area contributed by atoms with Gasteiger partial charge in [-0.3, -0.25) is 4.90 Å². The number of piperidine rings is 1. The summed E-state index contributed by atoms with van der Waals surface area (Å²) in [6.07, 6.45) is 1.20. The fourth-order valence-electron chi connectivity index (χ4n) is 3.28. The summed E-state index contributed by atoms with van der Waals surface area (Å²) >= 11 is 0. The van der Waals surface area contributed by atoms with E-state index in [1.165, 1.54) is 12.0 Å². The van der Waals surface area contributed by atoms with E-state index < -0.39 is 0 Å². The maximum absolute atomic E-state index is 5.39. The molecular weight excluding hydrogens is 264 g/mol. The largest absolute Gasteiger partial charge is 0.493 e. The molecule has 1 aliphatic heterocycles. The molecule has 4 nitrogen and oxygen atoms in total. The first-order chi connectivity index (χ1) is 10.1. The number of nitrogens with zero attached hydrogens (tertiary/aromatic N) is 1. The first-order valence-corrected chi connectivity index (χ1v) is 7.73. The van der Waals surface area contributed by atoms with E-state index in [4.69, 9.17) is 9.47 Å². The fourth-order valence-corrected chi connectivity index (χ4v) is 3.28. The van der Waals surface area contributed by atoms with Crippen molar-refractivity contribution in [3.8, 4) is 11.5 Å². The molecule has 4 heteroatoms. The molecule has 0 saturated carbocycles. The lowest BCUT2D eigenvalue weighted by Crippen LogP contribution is -2.52. The van der Waals surface area contributed by atoms with Crippen molar-refractivity contribution < 1.29 is 9.47 Å². The molecule has 3 atom stereocenters. The van der Waals surface area contributed by atoms with Crippen molar-refractivity contribution in [3.63, 3.8) is 0 Å². The summed E-state index contributed by atoms with van der Waals surface area (Å²) in [5.74, 6) is 2.25. The molecule has 0 bridgehead atoms. The molecule has 0 radical (unpaired) electrons. The third-order valence-corrected chi connectivity index (χ3v) is 4.90. The minimum absolute atomic E-state index is 0.573. The molecular formula is C17H28N2O2. The van der Waals surface area contributed by atoms with Gasteiger partial charge in [-0.1, -0.05) is 13.0 Å². The fraction of sp³-hybridized carbons (Fsp3) is 0.647. The maximum Gasteiger partial charge on any atom is 0.161 e. The molecule has 21 heavy (non-hydrogen) atoms. The highest BCUT2D eigenvalue weighted by molar-refractivity contribution is 5.42. The molecule has 0 amide bonds. The molecule has 0 aliphatic carbocycles. The number of nitrogens with one attached hydrogen (secondary N) is 1. The summed E-state index contributed by atoms with van der Waals surface area (Å²) < 4.78 is 10.7. The van der Waals surface area contributed by atoms with Crippen molar-refractivity contribution in [2.24, 2.45) is 5.92 Å². The van der Waals surface area contributed by atoms with Crippen LogP contribution in [0.3, 0.4) is 0 Å². The summed E-state index contributed by atoms with van der Waals surface area (Å²) in [7, 11) is 5.42. The second kappa shape index (κ2) is 7.14. The molecule has 1 saturated heterocycles. The first-order valence-electron chi connectivity index (χ1n) is 7.73. The zero-order valence-electron chi connectivity index (χ0n) is 13.8. The van der Waals surface area contributed by atoms with Crippen LogP contribution in [0, 0.1) is 5.92 Å². The van der Waals surface area contributed by atoms with Gasteiger partial charge in [0.25, 0.3) is 0 Å². The molecule has 1 N–H and O–H groups in total. The lowest BCUT2D eigenvalue weighted by molar-refractivity contribution is 0.0810.